The molecule has 5 aromatic rings. The minimum atomic E-state index is 0.546. The first kappa shape index (κ1) is 17.0. The minimum absolute atomic E-state index is 0.546. The van der Waals surface area contributed by atoms with Crippen molar-refractivity contribution in [1.82, 2.24) is 15.2 Å². The Morgan fingerprint density at radius 3 is 1.93 bits per heavy atom. The average molecular weight is 400 g/mol. The molecule has 0 atom stereocenters. The third-order valence-electron chi connectivity index (χ3n) is 4.52. The molecule has 0 spiro atoms. The molecule has 0 fully saturated rings. The highest BCUT2D eigenvalue weighted by Gasteiger charge is 2.18. The first-order valence-electron chi connectivity index (χ1n) is 8.84. The van der Waals surface area contributed by atoms with Crippen molar-refractivity contribution in [2.45, 2.75) is 0 Å². The predicted molar refractivity (Wildman–Crippen MR) is 117 cm³/mol. The lowest BCUT2D eigenvalue weighted by molar-refractivity contribution is 0.995. The van der Waals surface area contributed by atoms with Crippen LogP contribution in [0.15, 0.2) is 84.9 Å². The van der Waals surface area contributed by atoms with Crippen molar-refractivity contribution in [1.29, 1.82) is 0 Å². The topological polar surface area (TPSA) is 38.7 Å². The molecular weight excluding hydrogens is 386 g/mol. The molecule has 3 nitrogen and oxygen atoms in total. The van der Waals surface area contributed by atoms with E-state index < -0.39 is 0 Å². The molecule has 0 N–H and O–H groups in total. The summed E-state index contributed by atoms with van der Waals surface area (Å²) in [7, 11) is 0. The number of rotatable bonds is 3. The van der Waals surface area contributed by atoms with E-state index in [1.807, 2.05) is 78.9 Å². The van der Waals surface area contributed by atoms with Crippen molar-refractivity contribution in [3.05, 3.63) is 90.0 Å². The van der Waals surface area contributed by atoms with Crippen LogP contribution < -0.4 is 0 Å². The Kier molecular flexibility index (Phi) is 4.35. The smallest absolute Gasteiger partial charge is 0.194 e. The predicted octanol–water partition coefficient (Wildman–Crippen LogP) is 6.74. The Labute approximate surface area is 171 Å². The van der Waals surface area contributed by atoms with Crippen LogP contribution in [0.5, 0.6) is 0 Å². The van der Waals surface area contributed by atoms with Crippen LogP contribution in [0, 0.1) is 0 Å². The number of hydrogen-bond donors (Lipinski definition) is 0. The maximum atomic E-state index is 6.65. The van der Waals surface area contributed by atoms with Gasteiger partial charge in [-0.25, -0.2) is 4.98 Å². The molecular formula is C23H14ClN3S. The quantitative estimate of drug-likeness (QED) is 0.337. The Morgan fingerprint density at radius 1 is 0.643 bits per heavy atom. The van der Waals surface area contributed by atoms with E-state index in [9.17, 15) is 0 Å². The van der Waals surface area contributed by atoms with Crippen LogP contribution >= 0.6 is 22.9 Å². The van der Waals surface area contributed by atoms with Crippen molar-refractivity contribution in [2.75, 3.05) is 0 Å². The maximum Gasteiger partial charge on any atom is 0.194 e. The number of nitrogens with zero attached hydrogens (tertiary/aromatic N) is 3. The minimum Gasteiger partial charge on any atom is -0.223 e. The molecule has 0 bridgehead atoms. The number of benzene rings is 3. The fraction of sp³-hybridized carbons (Fsp3) is 0. The molecule has 3 aromatic carbocycles. The summed E-state index contributed by atoms with van der Waals surface area (Å²) in [6, 6.07) is 28.1. The lowest BCUT2D eigenvalue weighted by Gasteiger charge is -2.09. The second-order valence-corrected chi connectivity index (χ2v) is 7.74. The summed E-state index contributed by atoms with van der Waals surface area (Å²) in [6.45, 7) is 0. The second-order valence-electron chi connectivity index (χ2n) is 6.31. The van der Waals surface area contributed by atoms with Crippen molar-refractivity contribution < 1.29 is 0 Å². The summed E-state index contributed by atoms with van der Waals surface area (Å²) in [5.41, 5.74) is 3.53. The SMILES string of the molecule is Clc1c(-c2nnc(-c3ccccc3)c(-c3ccccc3)n2)sc2ccccc12. The fourth-order valence-corrected chi connectivity index (χ4v) is 4.61. The molecule has 2 aromatic heterocycles. The molecule has 0 saturated heterocycles. The molecule has 134 valence electrons. The highest BCUT2D eigenvalue weighted by atomic mass is 35.5. The monoisotopic (exact) mass is 399 g/mol. The Bertz CT molecular complexity index is 1270. The summed E-state index contributed by atoms with van der Waals surface area (Å²) in [5, 5.41) is 10.7. The normalized spacial score (nSPS) is 11.0. The number of hydrogen-bond acceptors (Lipinski definition) is 4. The van der Waals surface area contributed by atoms with Gasteiger partial charge < -0.3 is 0 Å². The molecule has 2 heterocycles. The van der Waals surface area contributed by atoms with Crippen LogP contribution in [0.3, 0.4) is 0 Å². The van der Waals surface area contributed by atoms with Crippen LogP contribution in [-0.2, 0) is 0 Å². The van der Waals surface area contributed by atoms with Crippen LogP contribution in [0.4, 0.5) is 0 Å². The van der Waals surface area contributed by atoms with Gasteiger partial charge in [0.2, 0.25) is 0 Å². The van der Waals surface area contributed by atoms with E-state index in [-0.39, 0.29) is 0 Å². The van der Waals surface area contributed by atoms with Gasteiger partial charge in [0.15, 0.2) is 5.82 Å². The van der Waals surface area contributed by atoms with Gasteiger partial charge in [0.1, 0.15) is 11.4 Å². The number of thiophene rings is 1. The molecule has 0 aliphatic heterocycles. The van der Waals surface area contributed by atoms with Gasteiger partial charge in [-0.1, -0.05) is 90.5 Å². The third kappa shape index (κ3) is 2.97. The largest absolute Gasteiger partial charge is 0.223 e. The first-order chi connectivity index (χ1) is 13.8. The molecule has 5 heteroatoms. The molecule has 28 heavy (non-hydrogen) atoms. The summed E-state index contributed by atoms with van der Waals surface area (Å²) in [6.07, 6.45) is 0. The van der Waals surface area contributed by atoms with Gasteiger partial charge in [0.25, 0.3) is 0 Å². The van der Waals surface area contributed by atoms with E-state index in [4.69, 9.17) is 16.6 Å². The lowest BCUT2D eigenvalue weighted by Crippen LogP contribution is -1.99. The highest BCUT2D eigenvalue weighted by Crippen LogP contribution is 2.41. The Balaban J connectivity index is 1.74. The highest BCUT2D eigenvalue weighted by molar-refractivity contribution is 7.23. The van der Waals surface area contributed by atoms with E-state index in [0.717, 1.165) is 37.5 Å². The van der Waals surface area contributed by atoms with E-state index in [1.165, 1.54) is 0 Å². The van der Waals surface area contributed by atoms with Crippen LogP contribution in [-0.4, -0.2) is 15.2 Å². The zero-order chi connectivity index (χ0) is 18.9. The average Bonchev–Trinajstić information content (AvgIpc) is 3.11. The van der Waals surface area contributed by atoms with Gasteiger partial charge in [0.05, 0.1) is 9.90 Å². The van der Waals surface area contributed by atoms with Gasteiger partial charge in [0, 0.05) is 21.2 Å². The van der Waals surface area contributed by atoms with E-state index in [0.29, 0.717) is 10.8 Å². The van der Waals surface area contributed by atoms with Crippen molar-refractivity contribution in [3.8, 4) is 33.2 Å². The van der Waals surface area contributed by atoms with Crippen LogP contribution in [0.1, 0.15) is 0 Å². The molecule has 5 rings (SSSR count). The summed E-state index contributed by atoms with van der Waals surface area (Å²) in [5.74, 6) is 0.546. The molecule has 0 unspecified atom stereocenters. The van der Waals surface area contributed by atoms with Crippen molar-refractivity contribution in [3.63, 3.8) is 0 Å². The van der Waals surface area contributed by atoms with Gasteiger partial charge in [-0.05, 0) is 6.07 Å². The van der Waals surface area contributed by atoms with E-state index in [1.54, 1.807) is 11.3 Å². The molecule has 0 aliphatic carbocycles. The zero-order valence-corrected chi connectivity index (χ0v) is 16.3. The summed E-state index contributed by atoms with van der Waals surface area (Å²) >= 11 is 8.24. The fourth-order valence-electron chi connectivity index (χ4n) is 3.17. The maximum absolute atomic E-state index is 6.65. The van der Waals surface area contributed by atoms with E-state index >= 15 is 0 Å². The van der Waals surface area contributed by atoms with Gasteiger partial charge >= 0.3 is 0 Å². The van der Waals surface area contributed by atoms with Crippen LogP contribution in [0.25, 0.3) is 43.3 Å². The van der Waals surface area contributed by atoms with Crippen molar-refractivity contribution >= 4 is 33.0 Å². The Hall–Kier alpha value is -3.08. The first-order valence-corrected chi connectivity index (χ1v) is 10.0. The number of fused-ring (bicyclic) bond motifs is 1. The molecule has 0 aliphatic rings. The van der Waals surface area contributed by atoms with Crippen molar-refractivity contribution in [2.24, 2.45) is 0 Å². The molecule has 0 amide bonds. The second kappa shape index (κ2) is 7.15. The summed E-state index contributed by atoms with van der Waals surface area (Å²) < 4.78 is 1.11. The number of halogens is 1. The standard InChI is InChI=1S/C23H14ClN3S/c24-19-17-13-7-8-14-18(17)28-22(19)23-25-20(15-9-3-1-4-10-15)21(26-27-23)16-11-5-2-6-12-16/h1-14H. The van der Waals surface area contributed by atoms with E-state index in [2.05, 4.69) is 16.3 Å². The van der Waals surface area contributed by atoms with Crippen LogP contribution in [0.2, 0.25) is 5.02 Å². The molecule has 0 radical (unpaired) electrons. The zero-order valence-electron chi connectivity index (χ0n) is 14.7. The number of aromatic nitrogens is 3. The lowest BCUT2D eigenvalue weighted by atomic mass is 10.0. The Morgan fingerprint density at radius 2 is 1.25 bits per heavy atom. The molecule has 0 saturated carbocycles. The van der Waals surface area contributed by atoms with Gasteiger partial charge in [-0.3, -0.25) is 0 Å². The summed E-state index contributed by atoms with van der Waals surface area (Å²) in [4.78, 5) is 5.74. The van der Waals surface area contributed by atoms with Gasteiger partial charge in [-0.15, -0.1) is 21.5 Å². The van der Waals surface area contributed by atoms with Gasteiger partial charge in [-0.2, -0.15) is 0 Å². The third-order valence-corrected chi connectivity index (χ3v) is 6.19.